The number of benzene rings is 1. The molecule has 2 rings (SSSR count). The Hall–Kier alpha value is -2.42. The zero-order valence-corrected chi connectivity index (χ0v) is 10.6. The maximum Gasteiger partial charge on any atom is 0.209 e. The second kappa shape index (κ2) is 5.48. The molecule has 96 valence electrons. The highest BCUT2D eigenvalue weighted by atomic mass is 16.1. The van der Waals surface area contributed by atoms with Crippen LogP contribution in [0.1, 0.15) is 20.7 Å². The Morgan fingerprint density at radius 1 is 1.00 bits per heavy atom. The summed E-state index contributed by atoms with van der Waals surface area (Å²) in [5.41, 5.74) is 1.33. The molecule has 0 amide bonds. The lowest BCUT2D eigenvalue weighted by Crippen LogP contribution is -2.31. The van der Waals surface area contributed by atoms with Crippen LogP contribution in [0.15, 0.2) is 61.3 Å². The van der Waals surface area contributed by atoms with E-state index in [0.29, 0.717) is 29.9 Å². The van der Waals surface area contributed by atoms with E-state index < -0.39 is 0 Å². The molecular formula is C16H15NO2. The first-order valence-corrected chi connectivity index (χ1v) is 6.05. The van der Waals surface area contributed by atoms with E-state index >= 15 is 0 Å². The van der Waals surface area contributed by atoms with Gasteiger partial charge >= 0.3 is 0 Å². The van der Waals surface area contributed by atoms with Gasteiger partial charge in [0.15, 0.2) is 5.78 Å². The number of allylic oxidation sites excluding steroid dienone is 2. The first-order chi connectivity index (χ1) is 9.19. The van der Waals surface area contributed by atoms with Crippen LogP contribution in [0.25, 0.3) is 0 Å². The van der Waals surface area contributed by atoms with Crippen molar-refractivity contribution in [3.63, 3.8) is 0 Å². The minimum atomic E-state index is -0.136. The van der Waals surface area contributed by atoms with Gasteiger partial charge in [-0.2, -0.15) is 0 Å². The summed E-state index contributed by atoms with van der Waals surface area (Å²) in [6.07, 6.45) is 4.79. The number of Topliss-reactive ketones (excluding diaryl/α,β-unsaturated/α-hetero) is 1. The molecule has 19 heavy (non-hydrogen) atoms. The van der Waals surface area contributed by atoms with Crippen LogP contribution in [0.4, 0.5) is 0 Å². The van der Waals surface area contributed by atoms with Gasteiger partial charge in [-0.15, -0.1) is 13.2 Å². The summed E-state index contributed by atoms with van der Waals surface area (Å²) in [6.45, 7) is 8.33. The molecule has 0 unspecified atom stereocenters. The molecule has 3 nitrogen and oxygen atoms in total. The van der Waals surface area contributed by atoms with E-state index in [-0.39, 0.29) is 11.6 Å². The first kappa shape index (κ1) is 13.0. The van der Waals surface area contributed by atoms with Crippen molar-refractivity contribution < 1.29 is 9.59 Å². The zero-order chi connectivity index (χ0) is 13.8. The third kappa shape index (κ3) is 2.40. The van der Waals surface area contributed by atoms with Crippen LogP contribution in [0.5, 0.6) is 0 Å². The quantitative estimate of drug-likeness (QED) is 0.757. The third-order valence-electron chi connectivity index (χ3n) is 2.98. The highest BCUT2D eigenvalue weighted by molar-refractivity contribution is 6.24. The van der Waals surface area contributed by atoms with Gasteiger partial charge in [-0.3, -0.25) is 9.59 Å². The number of carbonyl (C=O) groups excluding carboxylic acids is 2. The number of carbonyl (C=O) groups is 2. The smallest absolute Gasteiger partial charge is 0.209 e. The number of rotatable bonds is 5. The van der Waals surface area contributed by atoms with Gasteiger partial charge in [-0.1, -0.05) is 36.4 Å². The van der Waals surface area contributed by atoms with Crippen LogP contribution >= 0.6 is 0 Å². The fraction of sp³-hybridized carbons (Fsp3) is 0.125. The van der Waals surface area contributed by atoms with E-state index in [9.17, 15) is 9.59 Å². The molecule has 0 aromatic heterocycles. The fourth-order valence-corrected chi connectivity index (χ4v) is 2.12. The molecule has 0 bridgehead atoms. The molecule has 0 saturated carbocycles. The van der Waals surface area contributed by atoms with Gasteiger partial charge in [0.25, 0.3) is 0 Å². The molecule has 0 radical (unpaired) electrons. The molecule has 0 fully saturated rings. The van der Waals surface area contributed by atoms with Crippen molar-refractivity contribution in [2.75, 3.05) is 13.1 Å². The van der Waals surface area contributed by atoms with Crippen molar-refractivity contribution in [3.8, 4) is 0 Å². The largest absolute Gasteiger partial charge is 0.361 e. The van der Waals surface area contributed by atoms with E-state index in [4.69, 9.17) is 0 Å². The summed E-state index contributed by atoms with van der Waals surface area (Å²) in [5, 5.41) is 0. The molecule has 1 aromatic carbocycles. The highest BCUT2D eigenvalue weighted by Crippen LogP contribution is 2.23. The molecule has 0 N–H and O–H groups in total. The van der Waals surface area contributed by atoms with E-state index in [1.807, 2.05) is 0 Å². The topological polar surface area (TPSA) is 37.4 Å². The Balaban J connectivity index is 2.43. The predicted molar refractivity (Wildman–Crippen MR) is 75.2 cm³/mol. The number of nitrogens with zero attached hydrogens (tertiary/aromatic N) is 1. The molecular weight excluding hydrogens is 238 g/mol. The highest BCUT2D eigenvalue weighted by Gasteiger charge is 2.27. The molecule has 3 heteroatoms. The lowest BCUT2D eigenvalue weighted by molar-refractivity contribution is 0.0956. The Kier molecular flexibility index (Phi) is 3.76. The molecule has 0 atom stereocenters. The molecule has 0 saturated heterocycles. The molecule has 1 aliphatic carbocycles. The number of fused-ring (bicyclic) bond motifs is 1. The molecule has 0 aliphatic heterocycles. The van der Waals surface area contributed by atoms with Crippen LogP contribution in [0.2, 0.25) is 0 Å². The van der Waals surface area contributed by atoms with Gasteiger partial charge in [-0.05, 0) is 0 Å². The maximum absolute atomic E-state index is 12.4. The van der Waals surface area contributed by atoms with Crippen molar-refractivity contribution in [1.82, 2.24) is 4.90 Å². The molecule has 1 aliphatic rings. The third-order valence-corrected chi connectivity index (χ3v) is 2.98. The fourth-order valence-electron chi connectivity index (χ4n) is 2.12. The summed E-state index contributed by atoms with van der Waals surface area (Å²) in [7, 11) is 0. The van der Waals surface area contributed by atoms with Gasteiger partial charge in [0.2, 0.25) is 5.78 Å². The second-order valence-corrected chi connectivity index (χ2v) is 4.25. The Bertz CT molecular complexity index is 574. The number of hydrogen-bond acceptors (Lipinski definition) is 3. The zero-order valence-electron chi connectivity index (χ0n) is 10.6. The van der Waals surface area contributed by atoms with E-state index in [1.165, 1.54) is 6.08 Å². The van der Waals surface area contributed by atoms with E-state index in [2.05, 4.69) is 13.2 Å². The first-order valence-electron chi connectivity index (χ1n) is 6.05. The summed E-state index contributed by atoms with van der Waals surface area (Å²) in [4.78, 5) is 26.3. The second-order valence-electron chi connectivity index (χ2n) is 4.25. The van der Waals surface area contributed by atoms with Crippen molar-refractivity contribution in [3.05, 3.63) is 72.5 Å². The predicted octanol–water partition coefficient (Wildman–Crippen LogP) is 2.62. The van der Waals surface area contributed by atoms with Crippen LogP contribution in [-0.2, 0) is 0 Å². The summed E-state index contributed by atoms with van der Waals surface area (Å²) >= 11 is 0. The van der Waals surface area contributed by atoms with Crippen LogP contribution < -0.4 is 0 Å². The normalized spacial score (nSPS) is 13.6. The Morgan fingerprint density at radius 2 is 1.58 bits per heavy atom. The monoisotopic (exact) mass is 253 g/mol. The van der Waals surface area contributed by atoms with Gasteiger partial charge in [0, 0.05) is 30.3 Å². The minimum Gasteiger partial charge on any atom is -0.361 e. The SMILES string of the molecule is C=CCN(CC=C)C1=CC(=O)c2ccccc2C1=O. The van der Waals surface area contributed by atoms with E-state index in [0.717, 1.165) is 0 Å². The van der Waals surface area contributed by atoms with Crippen molar-refractivity contribution in [1.29, 1.82) is 0 Å². The Morgan fingerprint density at radius 3 is 2.16 bits per heavy atom. The molecule has 0 heterocycles. The number of ketones is 2. The van der Waals surface area contributed by atoms with Gasteiger partial charge < -0.3 is 4.90 Å². The van der Waals surface area contributed by atoms with Crippen molar-refractivity contribution >= 4 is 11.6 Å². The lowest BCUT2D eigenvalue weighted by Gasteiger charge is -2.26. The van der Waals surface area contributed by atoms with E-state index in [1.54, 1.807) is 41.3 Å². The molecule has 0 spiro atoms. The minimum absolute atomic E-state index is 0.126. The maximum atomic E-state index is 12.4. The van der Waals surface area contributed by atoms with Gasteiger partial charge in [0.05, 0.1) is 5.70 Å². The average molecular weight is 253 g/mol. The van der Waals surface area contributed by atoms with Crippen molar-refractivity contribution in [2.45, 2.75) is 0 Å². The average Bonchev–Trinajstić information content (AvgIpc) is 2.43. The van der Waals surface area contributed by atoms with Gasteiger partial charge in [0.1, 0.15) is 0 Å². The van der Waals surface area contributed by atoms with Crippen LogP contribution in [0.3, 0.4) is 0 Å². The summed E-state index contributed by atoms with van der Waals surface area (Å²) in [6, 6.07) is 6.88. The molecule has 1 aromatic rings. The summed E-state index contributed by atoms with van der Waals surface area (Å²) in [5.74, 6) is -0.262. The Labute approximate surface area is 112 Å². The standard InChI is InChI=1S/C16H15NO2/c1-3-9-17(10-4-2)14-11-15(18)12-7-5-6-8-13(12)16(14)19/h3-8,11H,1-2,9-10H2. The van der Waals surface area contributed by atoms with Crippen LogP contribution in [0, 0.1) is 0 Å². The van der Waals surface area contributed by atoms with Gasteiger partial charge in [-0.25, -0.2) is 0 Å². The number of hydrogen-bond donors (Lipinski definition) is 0. The lowest BCUT2D eigenvalue weighted by atomic mass is 9.92. The van der Waals surface area contributed by atoms with Crippen molar-refractivity contribution in [2.24, 2.45) is 0 Å². The van der Waals surface area contributed by atoms with Crippen LogP contribution in [-0.4, -0.2) is 29.6 Å². The summed E-state index contributed by atoms with van der Waals surface area (Å²) < 4.78 is 0.